The number of benzene rings is 1. The molecule has 0 radical (unpaired) electrons. The lowest BCUT2D eigenvalue weighted by molar-refractivity contribution is 0.0931. The molecule has 0 aliphatic heterocycles. The first-order valence-corrected chi connectivity index (χ1v) is 5.26. The number of amides is 1. The Balaban J connectivity index is 2.21. The molecule has 1 amide bonds. The first kappa shape index (κ1) is 10.5. The minimum atomic E-state index is -0.505. The van der Waals surface area contributed by atoms with E-state index in [-0.39, 0.29) is 17.0 Å². The third kappa shape index (κ3) is 2.31. The van der Waals surface area contributed by atoms with Gasteiger partial charge in [-0.15, -0.1) is 12.6 Å². The molecule has 1 aliphatic carbocycles. The fourth-order valence-electron chi connectivity index (χ4n) is 1.34. The number of thiol groups is 1. The van der Waals surface area contributed by atoms with Crippen molar-refractivity contribution in [2.45, 2.75) is 30.2 Å². The van der Waals surface area contributed by atoms with Crippen molar-refractivity contribution < 1.29 is 9.18 Å². The summed E-state index contributed by atoms with van der Waals surface area (Å²) in [6, 6.07) is 4.22. The van der Waals surface area contributed by atoms with Crippen LogP contribution in [0.15, 0.2) is 23.1 Å². The smallest absolute Gasteiger partial charge is 0.254 e. The molecule has 0 bridgehead atoms. The molecule has 0 atom stereocenters. The van der Waals surface area contributed by atoms with E-state index in [0.29, 0.717) is 4.90 Å². The van der Waals surface area contributed by atoms with E-state index in [1.165, 1.54) is 18.2 Å². The van der Waals surface area contributed by atoms with Crippen LogP contribution in [-0.4, -0.2) is 11.4 Å². The topological polar surface area (TPSA) is 29.1 Å². The van der Waals surface area contributed by atoms with Crippen molar-refractivity contribution in [2.24, 2.45) is 0 Å². The van der Waals surface area contributed by atoms with Crippen LogP contribution in [0.4, 0.5) is 4.39 Å². The Kier molecular flexibility index (Phi) is 2.46. The number of carbonyl (C=O) groups excluding carboxylic acids is 1. The van der Waals surface area contributed by atoms with E-state index in [0.717, 1.165) is 12.8 Å². The molecule has 1 aromatic rings. The van der Waals surface area contributed by atoms with E-state index in [4.69, 9.17) is 0 Å². The van der Waals surface area contributed by atoms with Gasteiger partial charge < -0.3 is 5.32 Å². The van der Waals surface area contributed by atoms with E-state index in [9.17, 15) is 9.18 Å². The van der Waals surface area contributed by atoms with Crippen molar-refractivity contribution in [2.75, 3.05) is 0 Å². The van der Waals surface area contributed by atoms with Crippen LogP contribution in [0.1, 0.15) is 30.1 Å². The summed E-state index contributed by atoms with van der Waals surface area (Å²) in [5.41, 5.74) is -0.0634. The van der Waals surface area contributed by atoms with Gasteiger partial charge in [0.05, 0.1) is 5.56 Å². The molecule has 80 valence electrons. The van der Waals surface area contributed by atoms with Gasteiger partial charge in [0.25, 0.3) is 5.91 Å². The van der Waals surface area contributed by atoms with Crippen LogP contribution in [0.25, 0.3) is 0 Å². The lowest BCUT2D eigenvalue weighted by atomic mass is 10.2. The van der Waals surface area contributed by atoms with Gasteiger partial charge in [0.1, 0.15) is 5.82 Å². The zero-order valence-electron chi connectivity index (χ0n) is 8.38. The molecule has 0 unspecified atom stereocenters. The zero-order chi connectivity index (χ0) is 11.1. The summed E-state index contributed by atoms with van der Waals surface area (Å²) >= 11 is 4.08. The molecule has 4 heteroatoms. The number of rotatable bonds is 2. The standard InChI is InChI=1S/C11H12FNOS/c1-11(4-5-11)13-10(14)8-6-7(15)2-3-9(8)12/h2-3,6,15H,4-5H2,1H3,(H,13,14). The summed E-state index contributed by atoms with van der Waals surface area (Å²) in [6.07, 6.45) is 1.92. The Labute approximate surface area is 93.3 Å². The Bertz CT molecular complexity index is 415. The highest BCUT2D eigenvalue weighted by Gasteiger charge is 2.39. The number of halogens is 1. The van der Waals surface area contributed by atoms with Crippen molar-refractivity contribution in [1.82, 2.24) is 5.32 Å². The number of nitrogens with one attached hydrogen (secondary N) is 1. The van der Waals surface area contributed by atoms with Gasteiger partial charge in [0.15, 0.2) is 0 Å². The minimum Gasteiger partial charge on any atom is -0.347 e. The summed E-state index contributed by atoms with van der Waals surface area (Å²) in [5.74, 6) is -0.863. The molecule has 1 N–H and O–H groups in total. The number of hydrogen-bond donors (Lipinski definition) is 2. The van der Waals surface area contributed by atoms with Crippen molar-refractivity contribution in [1.29, 1.82) is 0 Å². The van der Waals surface area contributed by atoms with Gasteiger partial charge in [-0.3, -0.25) is 4.79 Å². The zero-order valence-corrected chi connectivity index (χ0v) is 9.27. The molecule has 0 saturated heterocycles. The van der Waals surface area contributed by atoms with Gasteiger partial charge in [0.2, 0.25) is 0 Å². The lowest BCUT2D eigenvalue weighted by Crippen LogP contribution is -2.34. The van der Waals surface area contributed by atoms with Crippen LogP contribution >= 0.6 is 12.6 Å². The highest BCUT2D eigenvalue weighted by atomic mass is 32.1. The molecule has 2 rings (SSSR count). The third-order valence-corrected chi connectivity index (χ3v) is 2.89. The van der Waals surface area contributed by atoms with Crippen LogP contribution < -0.4 is 5.32 Å². The fraction of sp³-hybridized carbons (Fsp3) is 0.364. The van der Waals surface area contributed by atoms with Crippen molar-refractivity contribution in [3.05, 3.63) is 29.6 Å². The molecule has 1 aromatic carbocycles. The highest BCUT2D eigenvalue weighted by molar-refractivity contribution is 7.80. The van der Waals surface area contributed by atoms with Gasteiger partial charge in [-0.2, -0.15) is 0 Å². The van der Waals surface area contributed by atoms with Gasteiger partial charge in [-0.25, -0.2) is 4.39 Å². The Hall–Kier alpha value is -1.03. The number of carbonyl (C=O) groups is 1. The summed E-state index contributed by atoms with van der Waals surface area (Å²) < 4.78 is 13.3. The first-order chi connectivity index (χ1) is 7.00. The predicted molar refractivity (Wildman–Crippen MR) is 58.8 cm³/mol. The summed E-state index contributed by atoms with van der Waals surface area (Å²) in [6.45, 7) is 1.95. The first-order valence-electron chi connectivity index (χ1n) is 4.81. The quantitative estimate of drug-likeness (QED) is 0.743. The molecule has 0 aromatic heterocycles. The predicted octanol–water partition coefficient (Wildman–Crippen LogP) is 2.40. The molecule has 1 aliphatic rings. The van der Waals surface area contributed by atoms with E-state index >= 15 is 0 Å². The van der Waals surface area contributed by atoms with Crippen molar-refractivity contribution >= 4 is 18.5 Å². The summed E-state index contributed by atoms with van der Waals surface area (Å²) in [4.78, 5) is 12.3. The lowest BCUT2D eigenvalue weighted by Gasteiger charge is -2.11. The van der Waals surface area contributed by atoms with E-state index in [2.05, 4.69) is 17.9 Å². The molecule has 0 spiro atoms. The van der Waals surface area contributed by atoms with Gasteiger partial charge in [-0.1, -0.05) is 0 Å². The maximum absolute atomic E-state index is 13.3. The Morgan fingerprint density at radius 3 is 2.80 bits per heavy atom. The number of hydrogen-bond acceptors (Lipinski definition) is 2. The summed E-state index contributed by atoms with van der Waals surface area (Å²) in [7, 11) is 0. The summed E-state index contributed by atoms with van der Waals surface area (Å²) in [5, 5.41) is 2.80. The minimum absolute atomic E-state index is 0.0654. The van der Waals surface area contributed by atoms with Gasteiger partial charge >= 0.3 is 0 Å². The van der Waals surface area contributed by atoms with Crippen LogP contribution in [0.2, 0.25) is 0 Å². The van der Waals surface area contributed by atoms with Crippen LogP contribution in [0.3, 0.4) is 0 Å². The Morgan fingerprint density at radius 2 is 2.20 bits per heavy atom. The molecule has 1 fully saturated rings. The molecule has 2 nitrogen and oxygen atoms in total. The maximum Gasteiger partial charge on any atom is 0.254 e. The highest BCUT2D eigenvalue weighted by Crippen LogP contribution is 2.34. The van der Waals surface area contributed by atoms with Gasteiger partial charge in [0, 0.05) is 10.4 Å². The SMILES string of the molecule is CC1(NC(=O)c2cc(S)ccc2F)CC1. The fourth-order valence-corrected chi connectivity index (χ4v) is 1.54. The van der Waals surface area contributed by atoms with Crippen LogP contribution in [0.5, 0.6) is 0 Å². The third-order valence-electron chi connectivity index (χ3n) is 2.61. The van der Waals surface area contributed by atoms with Crippen LogP contribution in [-0.2, 0) is 0 Å². The molecular formula is C11H12FNOS. The molecule has 0 heterocycles. The second-order valence-corrected chi connectivity index (χ2v) is 4.70. The molecule has 1 saturated carbocycles. The largest absolute Gasteiger partial charge is 0.347 e. The van der Waals surface area contributed by atoms with E-state index < -0.39 is 5.82 Å². The maximum atomic E-state index is 13.3. The van der Waals surface area contributed by atoms with E-state index in [1.54, 1.807) is 0 Å². The van der Waals surface area contributed by atoms with E-state index in [1.807, 2.05) is 6.92 Å². The average Bonchev–Trinajstić information content (AvgIpc) is 2.87. The Morgan fingerprint density at radius 1 is 1.53 bits per heavy atom. The molecule has 15 heavy (non-hydrogen) atoms. The van der Waals surface area contributed by atoms with Crippen LogP contribution in [0, 0.1) is 5.82 Å². The normalized spacial score (nSPS) is 17.3. The van der Waals surface area contributed by atoms with Gasteiger partial charge in [-0.05, 0) is 38.0 Å². The second-order valence-electron chi connectivity index (χ2n) is 4.18. The monoisotopic (exact) mass is 225 g/mol. The van der Waals surface area contributed by atoms with Crippen molar-refractivity contribution in [3.8, 4) is 0 Å². The second kappa shape index (κ2) is 3.52. The van der Waals surface area contributed by atoms with Crippen molar-refractivity contribution in [3.63, 3.8) is 0 Å². The molecular weight excluding hydrogens is 213 g/mol. The average molecular weight is 225 g/mol.